The molecule has 1 aliphatic heterocycles. The standard InChI is InChI=1S/C23H29N5O5/c1-2-3-8-32-14-5-6-15-13(9-14)4-7-16(15)27-21-18-22(25-11-24-21)28(12-26-18)23-20(31)19(30)17(10-29)33-23/h5-6,9,11-12,16-17,19-20,23,29-31H,2-4,7-8,10H2,1H3,(H,24,25,27)/t16-,17-,19-,20-,23-/m1/s1. The molecule has 1 fully saturated rings. The lowest BCUT2D eigenvalue weighted by Crippen LogP contribution is -2.33. The van der Waals surface area contributed by atoms with Crippen molar-refractivity contribution in [2.24, 2.45) is 0 Å². The first-order valence-corrected chi connectivity index (χ1v) is 11.4. The minimum atomic E-state index is -1.21. The van der Waals surface area contributed by atoms with Gasteiger partial charge >= 0.3 is 0 Å². The summed E-state index contributed by atoms with van der Waals surface area (Å²) in [5, 5.41) is 33.3. The molecule has 2 aromatic heterocycles. The van der Waals surface area contributed by atoms with Gasteiger partial charge in [-0.2, -0.15) is 0 Å². The highest BCUT2D eigenvalue weighted by atomic mass is 16.6. The summed E-state index contributed by atoms with van der Waals surface area (Å²) in [6, 6.07) is 6.33. The van der Waals surface area contributed by atoms with Gasteiger partial charge in [0.05, 0.1) is 25.6 Å². The number of anilines is 1. The zero-order valence-corrected chi connectivity index (χ0v) is 18.5. The predicted molar refractivity (Wildman–Crippen MR) is 120 cm³/mol. The Bertz CT molecular complexity index is 1120. The number of nitrogens with zero attached hydrogens (tertiary/aromatic N) is 4. The molecule has 1 aliphatic carbocycles. The van der Waals surface area contributed by atoms with Crippen molar-refractivity contribution in [3.05, 3.63) is 42.0 Å². The number of hydrogen-bond donors (Lipinski definition) is 4. The van der Waals surface area contributed by atoms with Gasteiger partial charge in [0.15, 0.2) is 23.2 Å². The molecule has 0 unspecified atom stereocenters. The van der Waals surface area contributed by atoms with E-state index in [1.54, 1.807) is 4.57 Å². The number of aryl methyl sites for hydroxylation is 1. The number of imidazole rings is 1. The molecular formula is C23H29N5O5. The Morgan fingerprint density at radius 2 is 2.09 bits per heavy atom. The van der Waals surface area contributed by atoms with Crippen molar-refractivity contribution in [2.75, 3.05) is 18.5 Å². The molecule has 2 aliphatic rings. The summed E-state index contributed by atoms with van der Waals surface area (Å²) in [7, 11) is 0. The van der Waals surface area contributed by atoms with Gasteiger partial charge in [-0.25, -0.2) is 15.0 Å². The predicted octanol–water partition coefficient (Wildman–Crippen LogP) is 1.72. The lowest BCUT2D eigenvalue weighted by atomic mass is 10.1. The van der Waals surface area contributed by atoms with Crippen LogP contribution in [0.2, 0.25) is 0 Å². The van der Waals surface area contributed by atoms with Gasteiger partial charge in [-0.05, 0) is 42.5 Å². The highest BCUT2D eigenvalue weighted by Gasteiger charge is 2.44. The van der Waals surface area contributed by atoms with E-state index < -0.39 is 31.1 Å². The van der Waals surface area contributed by atoms with Crippen molar-refractivity contribution in [3.63, 3.8) is 0 Å². The highest BCUT2D eigenvalue weighted by Crippen LogP contribution is 2.37. The maximum absolute atomic E-state index is 10.4. The average molecular weight is 456 g/mol. The van der Waals surface area contributed by atoms with Crippen molar-refractivity contribution in [3.8, 4) is 5.75 Å². The molecule has 3 aromatic rings. The summed E-state index contributed by atoms with van der Waals surface area (Å²) in [4.78, 5) is 13.2. The summed E-state index contributed by atoms with van der Waals surface area (Å²) < 4.78 is 13.0. The van der Waals surface area contributed by atoms with Gasteiger partial charge in [0, 0.05) is 0 Å². The number of ether oxygens (including phenoxy) is 2. The highest BCUT2D eigenvalue weighted by molar-refractivity contribution is 5.83. The Morgan fingerprint density at radius 3 is 2.88 bits per heavy atom. The van der Waals surface area contributed by atoms with Crippen molar-refractivity contribution in [2.45, 2.75) is 63.2 Å². The van der Waals surface area contributed by atoms with Crippen LogP contribution in [0.25, 0.3) is 11.2 Å². The second-order valence-corrected chi connectivity index (χ2v) is 8.57. The molecule has 1 aromatic carbocycles. The first-order valence-electron chi connectivity index (χ1n) is 11.4. The zero-order chi connectivity index (χ0) is 22.9. The number of fused-ring (bicyclic) bond motifs is 2. The van der Waals surface area contributed by atoms with Crippen LogP contribution in [0.1, 0.15) is 49.6 Å². The van der Waals surface area contributed by atoms with Crippen LogP contribution in [0.15, 0.2) is 30.9 Å². The van der Waals surface area contributed by atoms with Crippen molar-refractivity contribution in [1.82, 2.24) is 19.5 Å². The Labute approximate surface area is 191 Å². The summed E-state index contributed by atoms with van der Waals surface area (Å²) in [6.07, 6.45) is 2.80. The van der Waals surface area contributed by atoms with Crippen LogP contribution in [0, 0.1) is 0 Å². The normalized spacial score (nSPS) is 26.6. The molecule has 0 saturated carbocycles. The second kappa shape index (κ2) is 9.22. The molecule has 5 rings (SSSR count). The van der Waals surface area contributed by atoms with Gasteiger partial charge in [-0.1, -0.05) is 19.4 Å². The van der Waals surface area contributed by atoms with Crippen LogP contribution < -0.4 is 10.1 Å². The molecule has 0 bridgehead atoms. The van der Waals surface area contributed by atoms with E-state index in [1.165, 1.54) is 23.8 Å². The number of unbranched alkanes of at least 4 members (excludes halogenated alkanes) is 1. The number of rotatable bonds is 8. The third-order valence-corrected chi connectivity index (χ3v) is 6.42. The fourth-order valence-electron chi connectivity index (χ4n) is 4.59. The van der Waals surface area contributed by atoms with E-state index in [9.17, 15) is 15.3 Å². The molecule has 3 heterocycles. The molecule has 176 valence electrons. The van der Waals surface area contributed by atoms with E-state index in [2.05, 4.69) is 39.3 Å². The first-order chi connectivity index (χ1) is 16.1. The molecule has 5 atom stereocenters. The Kier molecular flexibility index (Phi) is 6.15. The maximum Gasteiger partial charge on any atom is 0.167 e. The molecule has 10 heteroatoms. The number of aliphatic hydroxyl groups excluding tert-OH is 3. The van der Waals surface area contributed by atoms with Crippen LogP contribution in [0.5, 0.6) is 5.75 Å². The lowest BCUT2D eigenvalue weighted by molar-refractivity contribution is -0.0511. The van der Waals surface area contributed by atoms with Gasteiger partial charge in [-0.3, -0.25) is 4.57 Å². The number of aromatic nitrogens is 4. The summed E-state index contributed by atoms with van der Waals surface area (Å²) >= 11 is 0. The smallest absolute Gasteiger partial charge is 0.167 e. The van der Waals surface area contributed by atoms with Crippen molar-refractivity contribution < 1.29 is 24.8 Å². The fraction of sp³-hybridized carbons (Fsp3) is 0.522. The lowest BCUT2D eigenvalue weighted by Gasteiger charge is -2.17. The molecular weight excluding hydrogens is 426 g/mol. The summed E-state index contributed by atoms with van der Waals surface area (Å²) in [5.41, 5.74) is 3.50. The van der Waals surface area contributed by atoms with Crippen LogP contribution in [0.4, 0.5) is 5.82 Å². The Morgan fingerprint density at radius 1 is 1.21 bits per heavy atom. The molecule has 33 heavy (non-hydrogen) atoms. The van der Waals surface area contributed by atoms with E-state index in [0.717, 1.165) is 38.0 Å². The van der Waals surface area contributed by atoms with Gasteiger partial charge < -0.3 is 30.1 Å². The first kappa shape index (κ1) is 22.0. The van der Waals surface area contributed by atoms with Crippen LogP contribution >= 0.6 is 0 Å². The summed E-state index contributed by atoms with van der Waals surface area (Å²) in [5.74, 6) is 1.50. The van der Waals surface area contributed by atoms with Crippen molar-refractivity contribution >= 4 is 17.0 Å². The third-order valence-electron chi connectivity index (χ3n) is 6.42. The number of nitrogens with one attached hydrogen (secondary N) is 1. The fourth-order valence-corrected chi connectivity index (χ4v) is 4.59. The van der Waals surface area contributed by atoms with Crippen LogP contribution in [-0.2, 0) is 11.2 Å². The van der Waals surface area contributed by atoms with Crippen molar-refractivity contribution in [1.29, 1.82) is 0 Å². The van der Waals surface area contributed by atoms with E-state index in [0.29, 0.717) is 17.0 Å². The quantitative estimate of drug-likeness (QED) is 0.374. The van der Waals surface area contributed by atoms with E-state index in [4.69, 9.17) is 9.47 Å². The van der Waals surface area contributed by atoms with E-state index in [-0.39, 0.29) is 6.04 Å². The van der Waals surface area contributed by atoms with E-state index in [1.807, 2.05) is 6.07 Å². The average Bonchev–Trinajstić information content (AvgIpc) is 3.51. The van der Waals surface area contributed by atoms with Gasteiger partial charge in [0.25, 0.3) is 0 Å². The summed E-state index contributed by atoms with van der Waals surface area (Å²) in [6.45, 7) is 2.48. The molecule has 0 amide bonds. The maximum atomic E-state index is 10.4. The molecule has 0 spiro atoms. The second-order valence-electron chi connectivity index (χ2n) is 8.57. The molecule has 4 N–H and O–H groups in total. The Hall–Kier alpha value is -2.79. The third kappa shape index (κ3) is 4.04. The molecule has 0 radical (unpaired) electrons. The zero-order valence-electron chi connectivity index (χ0n) is 18.5. The van der Waals surface area contributed by atoms with Gasteiger partial charge in [0.1, 0.15) is 30.4 Å². The number of aliphatic hydroxyl groups is 3. The largest absolute Gasteiger partial charge is 0.494 e. The Balaban J connectivity index is 1.36. The molecule has 1 saturated heterocycles. The number of hydrogen-bond acceptors (Lipinski definition) is 9. The van der Waals surface area contributed by atoms with Gasteiger partial charge in [0.2, 0.25) is 0 Å². The monoisotopic (exact) mass is 455 g/mol. The van der Waals surface area contributed by atoms with E-state index >= 15 is 0 Å². The minimum absolute atomic E-state index is 0.0851. The van der Waals surface area contributed by atoms with Crippen LogP contribution in [0.3, 0.4) is 0 Å². The number of benzene rings is 1. The minimum Gasteiger partial charge on any atom is -0.494 e. The topological polar surface area (TPSA) is 135 Å². The molecule has 10 nitrogen and oxygen atoms in total. The van der Waals surface area contributed by atoms with Gasteiger partial charge in [-0.15, -0.1) is 0 Å². The van der Waals surface area contributed by atoms with Crippen LogP contribution in [-0.4, -0.2) is 66.4 Å². The SMILES string of the molecule is CCCCOc1ccc2c(c1)CC[C@H]2Nc1ncnc2c1ncn2[C@@H]1O[C@H](CO)[C@@H](O)[C@H]1O.